The van der Waals surface area contributed by atoms with Crippen LogP contribution in [0.2, 0.25) is 0 Å². The zero-order valence-corrected chi connectivity index (χ0v) is 8.36. The molecule has 0 aliphatic rings. The van der Waals surface area contributed by atoms with Crippen LogP contribution >= 0.6 is 0 Å². The summed E-state index contributed by atoms with van der Waals surface area (Å²) in [7, 11) is 0. The molecule has 0 bridgehead atoms. The average molecular weight is 204 g/mol. The number of hydrogen-bond donors (Lipinski definition) is 1. The third-order valence-electron chi connectivity index (χ3n) is 2.47. The van der Waals surface area contributed by atoms with Crippen LogP contribution in [-0.4, -0.2) is 11.1 Å². The summed E-state index contributed by atoms with van der Waals surface area (Å²) in [5.74, 6) is 0. The van der Waals surface area contributed by atoms with Gasteiger partial charge in [0, 0.05) is 24.8 Å². The molecule has 2 rings (SSSR count). The van der Waals surface area contributed by atoms with E-state index in [1.54, 1.807) is 0 Å². The maximum atomic E-state index is 12.4. The van der Waals surface area contributed by atoms with Crippen LogP contribution < -0.4 is 5.73 Å². The lowest BCUT2D eigenvalue weighted by atomic mass is 10.2. The molecule has 1 heterocycles. The van der Waals surface area contributed by atoms with Gasteiger partial charge in [-0.1, -0.05) is 18.2 Å². The van der Waals surface area contributed by atoms with Crippen LogP contribution in [0.3, 0.4) is 0 Å². The molecule has 2 N–H and O–H groups in total. The van der Waals surface area contributed by atoms with Crippen molar-refractivity contribution < 1.29 is 4.39 Å². The van der Waals surface area contributed by atoms with Gasteiger partial charge in [0.2, 0.25) is 0 Å². The zero-order chi connectivity index (χ0) is 10.7. The quantitative estimate of drug-likeness (QED) is 0.818. The second kappa shape index (κ2) is 4.28. The van der Waals surface area contributed by atoms with Gasteiger partial charge < -0.3 is 10.3 Å². The summed E-state index contributed by atoms with van der Waals surface area (Å²) < 4.78 is 14.4. The molecule has 15 heavy (non-hydrogen) atoms. The molecule has 2 nitrogen and oxygen atoms in total. The van der Waals surface area contributed by atoms with Crippen molar-refractivity contribution in [3.05, 3.63) is 48.4 Å². The van der Waals surface area contributed by atoms with Gasteiger partial charge in [-0.15, -0.1) is 0 Å². The Balaban J connectivity index is 2.36. The molecule has 0 radical (unpaired) electrons. The lowest BCUT2D eigenvalue weighted by molar-refractivity contribution is 0.678. The van der Waals surface area contributed by atoms with E-state index in [9.17, 15) is 4.39 Å². The van der Waals surface area contributed by atoms with E-state index in [4.69, 9.17) is 5.73 Å². The summed E-state index contributed by atoms with van der Waals surface area (Å²) in [6.07, 6.45) is 2.54. The van der Waals surface area contributed by atoms with E-state index in [0.29, 0.717) is 18.4 Å². The molecular formula is C12H13FN2. The molecule has 2 aromatic rings. The van der Waals surface area contributed by atoms with Gasteiger partial charge in [0.25, 0.3) is 0 Å². The van der Waals surface area contributed by atoms with E-state index < -0.39 is 0 Å². The molecule has 1 aromatic heterocycles. The number of aromatic nitrogens is 1. The molecule has 0 aliphatic carbocycles. The van der Waals surface area contributed by atoms with E-state index in [1.165, 1.54) is 0 Å². The minimum Gasteiger partial charge on any atom is -0.343 e. The summed E-state index contributed by atoms with van der Waals surface area (Å²) >= 11 is 0. The number of para-hydroxylation sites is 1. The Kier molecular flexibility index (Phi) is 2.83. The first-order valence-electron chi connectivity index (χ1n) is 4.87. The van der Waals surface area contributed by atoms with E-state index >= 15 is 0 Å². The monoisotopic (exact) mass is 204 g/mol. The second-order valence-electron chi connectivity index (χ2n) is 3.47. The van der Waals surface area contributed by atoms with Crippen LogP contribution in [0.25, 0.3) is 10.9 Å². The number of rotatable bonds is 3. The molecule has 0 unspecified atom stereocenters. The van der Waals surface area contributed by atoms with Crippen LogP contribution in [0.5, 0.6) is 0 Å². The van der Waals surface area contributed by atoms with Crippen molar-refractivity contribution in [3.8, 4) is 0 Å². The molecule has 1 aromatic carbocycles. The lowest BCUT2D eigenvalue weighted by Gasteiger charge is -2.06. The van der Waals surface area contributed by atoms with Crippen LogP contribution in [0, 0.1) is 0 Å². The minimum absolute atomic E-state index is 0.253. The van der Waals surface area contributed by atoms with Gasteiger partial charge in [0.1, 0.15) is 0 Å². The van der Waals surface area contributed by atoms with Crippen molar-refractivity contribution in [2.24, 2.45) is 5.73 Å². The molecule has 0 aliphatic heterocycles. The summed E-state index contributed by atoms with van der Waals surface area (Å²) in [5, 5.41) is 1.16. The minimum atomic E-state index is 0.253. The molecule has 0 saturated heterocycles. The molecular weight excluding hydrogens is 191 g/mol. The van der Waals surface area contributed by atoms with Crippen LogP contribution in [0.1, 0.15) is 0 Å². The molecule has 0 spiro atoms. The van der Waals surface area contributed by atoms with Crippen molar-refractivity contribution >= 4 is 10.9 Å². The number of hydrogen-bond acceptors (Lipinski definition) is 1. The van der Waals surface area contributed by atoms with Gasteiger partial charge in [-0.05, 0) is 23.1 Å². The Bertz CT molecular complexity index is 485. The Morgan fingerprint density at radius 2 is 2.13 bits per heavy atom. The fourth-order valence-electron chi connectivity index (χ4n) is 1.64. The number of halogens is 1. The van der Waals surface area contributed by atoms with Crippen molar-refractivity contribution in [2.75, 3.05) is 6.54 Å². The maximum Gasteiger partial charge on any atom is 0.0889 e. The molecule has 0 atom stereocenters. The van der Waals surface area contributed by atoms with E-state index in [1.807, 2.05) is 41.1 Å². The zero-order valence-electron chi connectivity index (χ0n) is 8.36. The highest BCUT2D eigenvalue weighted by Gasteiger charge is 2.01. The maximum absolute atomic E-state index is 12.4. The van der Waals surface area contributed by atoms with Gasteiger partial charge in [-0.3, -0.25) is 0 Å². The first kappa shape index (κ1) is 9.93. The molecule has 0 fully saturated rings. The summed E-state index contributed by atoms with van der Waals surface area (Å²) in [4.78, 5) is 0. The Labute approximate surface area is 87.8 Å². The average Bonchev–Trinajstić information content (AvgIpc) is 2.69. The topological polar surface area (TPSA) is 30.9 Å². The fraction of sp³-hybridized carbons (Fsp3) is 0.167. The number of benzene rings is 1. The third-order valence-corrected chi connectivity index (χ3v) is 2.47. The Hall–Kier alpha value is -1.61. The van der Waals surface area contributed by atoms with Crippen molar-refractivity contribution in [1.29, 1.82) is 0 Å². The van der Waals surface area contributed by atoms with Gasteiger partial charge in [0.15, 0.2) is 0 Å². The molecule has 0 saturated carbocycles. The number of nitrogens with two attached hydrogens (primary N) is 1. The van der Waals surface area contributed by atoms with E-state index in [0.717, 1.165) is 10.9 Å². The largest absolute Gasteiger partial charge is 0.343 e. The summed E-state index contributed by atoms with van der Waals surface area (Å²) in [6, 6.07) is 10.0. The predicted octanol–water partition coefficient (Wildman–Crippen LogP) is 2.45. The molecule has 3 heteroatoms. The highest BCUT2D eigenvalue weighted by atomic mass is 19.1. The van der Waals surface area contributed by atoms with Crippen molar-refractivity contribution in [2.45, 2.75) is 6.54 Å². The Morgan fingerprint density at radius 3 is 2.87 bits per heavy atom. The van der Waals surface area contributed by atoms with E-state index in [2.05, 4.69) is 0 Å². The number of fused-ring (bicyclic) bond motifs is 1. The van der Waals surface area contributed by atoms with Crippen molar-refractivity contribution in [1.82, 2.24) is 4.57 Å². The highest BCUT2D eigenvalue weighted by molar-refractivity contribution is 5.79. The third kappa shape index (κ3) is 1.92. The molecule has 0 amide bonds. The highest BCUT2D eigenvalue weighted by Crippen LogP contribution is 2.16. The van der Waals surface area contributed by atoms with Crippen LogP contribution in [0.15, 0.2) is 48.4 Å². The fourth-order valence-corrected chi connectivity index (χ4v) is 1.64. The first-order valence-corrected chi connectivity index (χ1v) is 4.87. The lowest BCUT2D eigenvalue weighted by Crippen LogP contribution is -2.09. The van der Waals surface area contributed by atoms with Gasteiger partial charge >= 0.3 is 0 Å². The second-order valence-corrected chi connectivity index (χ2v) is 3.47. The van der Waals surface area contributed by atoms with E-state index in [-0.39, 0.29) is 6.54 Å². The standard InChI is InChI=1S/C12H13FN2/c13-7-10(8-14)9-15-6-5-11-3-1-2-4-12(11)15/h1-7H,8-9,14H2/b10-7+. The SMILES string of the molecule is NC/C(=C\F)Cn1ccc2ccccc21. The van der Waals surface area contributed by atoms with Gasteiger partial charge in [-0.2, -0.15) is 0 Å². The first-order chi connectivity index (χ1) is 7.35. The predicted molar refractivity (Wildman–Crippen MR) is 60.2 cm³/mol. The van der Waals surface area contributed by atoms with Gasteiger partial charge in [0.05, 0.1) is 6.33 Å². The summed E-state index contributed by atoms with van der Waals surface area (Å²) in [6.45, 7) is 0.767. The van der Waals surface area contributed by atoms with Crippen molar-refractivity contribution in [3.63, 3.8) is 0 Å². The van der Waals surface area contributed by atoms with Crippen LogP contribution in [-0.2, 0) is 6.54 Å². The van der Waals surface area contributed by atoms with Crippen LogP contribution in [0.4, 0.5) is 4.39 Å². The smallest absolute Gasteiger partial charge is 0.0889 e. The Morgan fingerprint density at radius 1 is 1.33 bits per heavy atom. The summed E-state index contributed by atoms with van der Waals surface area (Å²) in [5.41, 5.74) is 7.12. The molecule has 78 valence electrons. The normalized spacial score (nSPS) is 12.3. The van der Waals surface area contributed by atoms with Gasteiger partial charge in [-0.25, -0.2) is 4.39 Å². The number of nitrogens with zero attached hydrogens (tertiary/aromatic N) is 1.